The third kappa shape index (κ3) is 6.83. The van der Waals surface area contributed by atoms with E-state index in [1.165, 1.54) is 7.11 Å². The van der Waals surface area contributed by atoms with Crippen molar-refractivity contribution in [1.29, 1.82) is 0 Å². The van der Waals surface area contributed by atoms with Crippen LogP contribution in [0.2, 0.25) is 0 Å². The highest BCUT2D eigenvalue weighted by Crippen LogP contribution is 2.19. The normalized spacial score (nSPS) is 21.8. The van der Waals surface area contributed by atoms with Crippen LogP contribution in [-0.2, 0) is 19.1 Å². The summed E-state index contributed by atoms with van der Waals surface area (Å²) in [5.74, 6) is -1.69. The molecule has 1 fully saturated rings. The van der Waals surface area contributed by atoms with Gasteiger partial charge in [-0.25, -0.2) is 4.79 Å². The minimum absolute atomic E-state index is 0.166. The van der Waals surface area contributed by atoms with Gasteiger partial charge in [0.2, 0.25) is 5.91 Å². The van der Waals surface area contributed by atoms with Crippen molar-refractivity contribution >= 4 is 17.7 Å². The van der Waals surface area contributed by atoms with Crippen LogP contribution in [-0.4, -0.2) is 42.5 Å². The molecule has 146 valence electrons. The minimum Gasteiger partial charge on any atom is -0.465 e. The third-order valence-corrected chi connectivity index (χ3v) is 4.15. The smallest absolute Gasteiger partial charge is 0.337 e. The molecule has 1 rings (SSSR count). The lowest BCUT2D eigenvalue weighted by molar-refractivity contribution is -0.135. The number of amides is 1. The fraction of sp³-hybridized carbons (Fsp3) is 0.381. The zero-order chi connectivity index (χ0) is 20.4. The Morgan fingerprint density at radius 3 is 2.52 bits per heavy atom. The third-order valence-electron chi connectivity index (χ3n) is 4.15. The van der Waals surface area contributed by atoms with Crippen LogP contribution in [0.4, 0.5) is 0 Å². The quantitative estimate of drug-likeness (QED) is 0.294. The van der Waals surface area contributed by atoms with Crippen LogP contribution < -0.4 is 5.32 Å². The maximum atomic E-state index is 12.3. The Bertz CT molecular complexity index is 725. The molecule has 1 saturated heterocycles. The van der Waals surface area contributed by atoms with E-state index < -0.39 is 11.9 Å². The molecule has 1 aliphatic heterocycles. The fourth-order valence-corrected chi connectivity index (χ4v) is 2.60. The van der Waals surface area contributed by atoms with Crippen LogP contribution in [0, 0.1) is 5.92 Å². The Balaban J connectivity index is 2.66. The molecule has 27 heavy (non-hydrogen) atoms. The molecule has 6 heteroatoms. The van der Waals surface area contributed by atoms with E-state index in [4.69, 9.17) is 5.11 Å². The zero-order valence-corrected chi connectivity index (χ0v) is 16.2. The number of hydrogen-bond acceptors (Lipinski definition) is 5. The number of rotatable bonds is 8. The van der Waals surface area contributed by atoms with Gasteiger partial charge in [0.25, 0.3) is 0 Å². The van der Waals surface area contributed by atoms with E-state index in [0.29, 0.717) is 17.6 Å². The van der Waals surface area contributed by atoms with E-state index in [1.54, 1.807) is 50.3 Å². The number of aliphatic hydroxyl groups is 1. The van der Waals surface area contributed by atoms with Crippen LogP contribution in [0.25, 0.3) is 0 Å². The average Bonchev–Trinajstić information content (AvgIpc) is 3.05. The Morgan fingerprint density at radius 1 is 1.26 bits per heavy atom. The molecule has 0 aromatic heterocycles. The molecule has 0 radical (unpaired) electrons. The first-order chi connectivity index (χ1) is 12.8. The van der Waals surface area contributed by atoms with E-state index in [2.05, 4.69) is 10.1 Å². The number of ketones is 1. The molecule has 0 bridgehead atoms. The number of esters is 1. The number of nitrogens with one attached hydrogen (secondary N) is 1. The van der Waals surface area contributed by atoms with Crippen molar-refractivity contribution in [2.24, 2.45) is 5.92 Å². The maximum Gasteiger partial charge on any atom is 0.337 e. The van der Waals surface area contributed by atoms with Gasteiger partial charge in [-0.1, -0.05) is 42.0 Å². The molecule has 2 N–H and O–H groups in total. The van der Waals surface area contributed by atoms with Crippen molar-refractivity contribution in [1.82, 2.24) is 5.32 Å². The Hall–Kier alpha value is -2.73. The first kappa shape index (κ1) is 22.3. The van der Waals surface area contributed by atoms with Crippen LogP contribution in [0.3, 0.4) is 0 Å². The number of ether oxygens (including phenoxy) is 1. The summed E-state index contributed by atoms with van der Waals surface area (Å²) >= 11 is 0. The summed E-state index contributed by atoms with van der Waals surface area (Å²) in [5, 5.41) is 11.7. The van der Waals surface area contributed by atoms with Gasteiger partial charge >= 0.3 is 5.97 Å². The average molecular weight is 373 g/mol. The monoisotopic (exact) mass is 373 g/mol. The molecule has 1 heterocycles. The Morgan fingerprint density at radius 2 is 1.96 bits per heavy atom. The standard InChI is InChI=1S/C21H27NO5/c1-5-16(21(26)27-4)11-14(2)9-7-6-8-10-15(3)19(24)18-12-17(13-23)22-20(18)25/h5-11,17-18,23H,12-13H2,1-4H3,(H,22,25)/b8-6+,9-7+,14-11+,15-10+,16-5+/t17-,18-/m1/s1. The van der Waals surface area contributed by atoms with Crippen LogP contribution in [0.1, 0.15) is 27.2 Å². The second-order valence-electron chi connectivity index (χ2n) is 6.26. The molecule has 0 unspecified atom stereocenters. The molecule has 0 aromatic rings. The highest BCUT2D eigenvalue weighted by Gasteiger charge is 2.36. The lowest BCUT2D eigenvalue weighted by Gasteiger charge is -2.05. The van der Waals surface area contributed by atoms with Gasteiger partial charge in [0.05, 0.1) is 25.3 Å². The summed E-state index contributed by atoms with van der Waals surface area (Å²) in [7, 11) is 1.34. The first-order valence-corrected chi connectivity index (χ1v) is 8.74. The summed E-state index contributed by atoms with van der Waals surface area (Å²) in [4.78, 5) is 35.6. The SMILES string of the molecule is C\C=C(/C=C(C)/C=C/C=C/C=C(\C)C(=O)[C@H]1C[C@H](CO)NC1=O)C(=O)OC. The molecule has 0 spiro atoms. The summed E-state index contributed by atoms with van der Waals surface area (Å²) < 4.78 is 4.69. The van der Waals surface area contributed by atoms with Gasteiger partial charge in [0.1, 0.15) is 5.92 Å². The van der Waals surface area contributed by atoms with E-state index in [9.17, 15) is 14.4 Å². The van der Waals surface area contributed by atoms with Gasteiger partial charge in [-0.05, 0) is 38.8 Å². The van der Waals surface area contributed by atoms with Crippen molar-refractivity contribution in [3.8, 4) is 0 Å². The van der Waals surface area contributed by atoms with Gasteiger partial charge in [-0.15, -0.1) is 0 Å². The predicted octanol–water partition coefficient (Wildman–Crippen LogP) is 2.18. The molecule has 2 atom stereocenters. The van der Waals surface area contributed by atoms with Crippen LogP contribution in [0.15, 0.2) is 59.3 Å². The van der Waals surface area contributed by atoms with Crippen molar-refractivity contribution in [3.63, 3.8) is 0 Å². The largest absolute Gasteiger partial charge is 0.465 e. The summed E-state index contributed by atoms with van der Waals surface area (Å²) in [6.07, 6.45) is 12.4. The Kier molecular flexibility index (Phi) is 9.16. The first-order valence-electron chi connectivity index (χ1n) is 8.74. The van der Waals surface area contributed by atoms with E-state index in [0.717, 1.165) is 5.57 Å². The zero-order valence-electron chi connectivity index (χ0n) is 16.2. The molecular weight excluding hydrogens is 346 g/mol. The topological polar surface area (TPSA) is 92.7 Å². The molecule has 0 aliphatic carbocycles. The van der Waals surface area contributed by atoms with Crippen molar-refractivity contribution in [2.75, 3.05) is 13.7 Å². The lowest BCUT2D eigenvalue weighted by Crippen LogP contribution is -2.30. The second-order valence-corrected chi connectivity index (χ2v) is 6.26. The van der Waals surface area contributed by atoms with Crippen LogP contribution in [0.5, 0.6) is 0 Å². The highest BCUT2D eigenvalue weighted by atomic mass is 16.5. The molecule has 6 nitrogen and oxygen atoms in total. The summed E-state index contributed by atoms with van der Waals surface area (Å²) in [5.41, 5.74) is 1.82. The number of Topliss-reactive ketones (excluding diaryl/α,β-unsaturated/α-hetero) is 1. The summed E-state index contributed by atoms with van der Waals surface area (Å²) in [6, 6.07) is -0.348. The van der Waals surface area contributed by atoms with Gasteiger partial charge in [-0.2, -0.15) is 0 Å². The molecule has 0 saturated carbocycles. The number of aliphatic hydroxyl groups excluding tert-OH is 1. The number of carbonyl (C=O) groups is 3. The molecular formula is C21H27NO5. The number of allylic oxidation sites excluding steroid dienone is 8. The number of carbonyl (C=O) groups excluding carboxylic acids is 3. The van der Waals surface area contributed by atoms with Gasteiger partial charge in [0, 0.05) is 0 Å². The molecule has 0 aromatic carbocycles. The molecule has 1 amide bonds. The lowest BCUT2D eigenvalue weighted by atomic mass is 9.95. The van der Waals surface area contributed by atoms with Crippen LogP contribution >= 0.6 is 0 Å². The van der Waals surface area contributed by atoms with Gasteiger partial charge in [0.15, 0.2) is 5.78 Å². The molecule has 1 aliphatic rings. The number of hydrogen-bond donors (Lipinski definition) is 2. The van der Waals surface area contributed by atoms with Gasteiger partial charge < -0.3 is 15.2 Å². The fourth-order valence-electron chi connectivity index (χ4n) is 2.60. The van der Waals surface area contributed by atoms with E-state index in [-0.39, 0.29) is 24.3 Å². The predicted molar refractivity (Wildman–Crippen MR) is 104 cm³/mol. The van der Waals surface area contributed by atoms with Crippen molar-refractivity contribution in [2.45, 2.75) is 33.2 Å². The summed E-state index contributed by atoms with van der Waals surface area (Å²) in [6.45, 7) is 5.12. The second kappa shape index (κ2) is 11.1. The van der Waals surface area contributed by atoms with Gasteiger partial charge in [-0.3, -0.25) is 9.59 Å². The van der Waals surface area contributed by atoms with Crippen molar-refractivity contribution in [3.05, 3.63) is 59.3 Å². The highest BCUT2D eigenvalue weighted by molar-refractivity contribution is 6.10. The minimum atomic E-state index is -0.731. The maximum absolute atomic E-state index is 12.3. The van der Waals surface area contributed by atoms with E-state index in [1.807, 2.05) is 13.0 Å². The Labute approximate surface area is 160 Å². The van der Waals surface area contributed by atoms with Crippen molar-refractivity contribution < 1.29 is 24.2 Å². The van der Waals surface area contributed by atoms with E-state index >= 15 is 0 Å². The number of methoxy groups -OCH3 is 1.